The minimum absolute atomic E-state index is 0.127. The van der Waals surface area contributed by atoms with Gasteiger partial charge in [0, 0.05) is 5.56 Å². The third-order valence-corrected chi connectivity index (χ3v) is 5.93. The van der Waals surface area contributed by atoms with Gasteiger partial charge >= 0.3 is 0 Å². The highest BCUT2D eigenvalue weighted by molar-refractivity contribution is 5.99. The zero-order valence-electron chi connectivity index (χ0n) is 16.5. The number of nitrogens with zero attached hydrogens (tertiary/aromatic N) is 3. The number of H-pyrrole nitrogens is 1. The van der Waals surface area contributed by atoms with Gasteiger partial charge in [-0.05, 0) is 48.7 Å². The Morgan fingerprint density at radius 2 is 1.94 bits per heavy atom. The summed E-state index contributed by atoms with van der Waals surface area (Å²) in [5.41, 5.74) is 3.39. The Kier molecular flexibility index (Phi) is 4.48. The van der Waals surface area contributed by atoms with Crippen molar-refractivity contribution in [3.05, 3.63) is 77.7 Å². The summed E-state index contributed by atoms with van der Waals surface area (Å²) in [6, 6.07) is 18.0. The first-order valence-corrected chi connectivity index (χ1v) is 10.0. The van der Waals surface area contributed by atoms with Crippen LogP contribution in [0.15, 0.2) is 60.8 Å². The van der Waals surface area contributed by atoms with Gasteiger partial charge < -0.3 is 10.3 Å². The Labute approximate surface area is 177 Å². The minimum Gasteiger partial charge on any atom is -0.338 e. The van der Waals surface area contributed by atoms with Gasteiger partial charge in [0.15, 0.2) is 0 Å². The van der Waals surface area contributed by atoms with Gasteiger partial charge in [0.25, 0.3) is 0 Å². The molecular weight excluding hydrogens is 393 g/mol. The van der Waals surface area contributed by atoms with E-state index in [2.05, 4.69) is 26.3 Å². The molecule has 0 bridgehead atoms. The second kappa shape index (κ2) is 7.33. The molecule has 0 radical (unpaired) electrons. The number of aromatic nitrogens is 3. The number of pyridine rings is 1. The summed E-state index contributed by atoms with van der Waals surface area (Å²) in [7, 11) is 0. The molecule has 1 aliphatic rings. The van der Waals surface area contributed by atoms with Crippen molar-refractivity contribution in [2.45, 2.75) is 24.7 Å². The highest BCUT2D eigenvalue weighted by Gasteiger charge is 2.45. The molecule has 31 heavy (non-hydrogen) atoms. The smallest absolute Gasteiger partial charge is 0.236 e. The number of aromatic amines is 1. The van der Waals surface area contributed by atoms with Crippen LogP contribution >= 0.6 is 0 Å². The Balaban J connectivity index is 1.41. The lowest BCUT2D eigenvalue weighted by atomic mass is 9.63. The fraction of sp³-hybridized carbons (Fsp3) is 0.167. The number of nitrogens with one attached hydrogen (secondary N) is 2. The monoisotopic (exact) mass is 411 g/mol. The summed E-state index contributed by atoms with van der Waals surface area (Å²) in [5, 5.41) is 11.9. The lowest BCUT2D eigenvalue weighted by molar-refractivity contribution is -0.124. The predicted octanol–water partition coefficient (Wildman–Crippen LogP) is 4.70. The van der Waals surface area contributed by atoms with E-state index in [1.54, 1.807) is 12.1 Å². The van der Waals surface area contributed by atoms with Crippen molar-refractivity contribution in [1.29, 1.82) is 5.26 Å². The molecule has 1 aliphatic carbocycles. The summed E-state index contributed by atoms with van der Waals surface area (Å²) in [4.78, 5) is 24.8. The molecule has 0 unspecified atom stereocenters. The molecule has 0 aliphatic heterocycles. The van der Waals surface area contributed by atoms with Crippen LogP contribution in [0.4, 0.5) is 10.2 Å². The number of hydrogen-bond donors (Lipinski definition) is 2. The fourth-order valence-corrected chi connectivity index (χ4v) is 4.02. The van der Waals surface area contributed by atoms with Crippen LogP contribution in [0.3, 0.4) is 0 Å². The number of amides is 1. The molecule has 1 saturated carbocycles. The fourth-order valence-electron chi connectivity index (χ4n) is 4.02. The number of rotatable bonds is 4. The van der Waals surface area contributed by atoms with Crippen LogP contribution in [0.25, 0.3) is 22.4 Å². The second-order valence-electron chi connectivity index (χ2n) is 7.76. The van der Waals surface area contributed by atoms with E-state index in [-0.39, 0.29) is 5.91 Å². The first-order chi connectivity index (χ1) is 15.1. The number of nitriles is 1. The Hall–Kier alpha value is -4.05. The zero-order chi connectivity index (χ0) is 21.4. The van der Waals surface area contributed by atoms with Crippen LogP contribution in [-0.2, 0) is 10.2 Å². The van der Waals surface area contributed by atoms with E-state index in [1.807, 2.05) is 30.3 Å². The van der Waals surface area contributed by atoms with Crippen molar-refractivity contribution in [3.8, 4) is 17.5 Å². The van der Waals surface area contributed by atoms with Gasteiger partial charge in [0.05, 0.1) is 34.3 Å². The molecule has 7 heteroatoms. The van der Waals surface area contributed by atoms with E-state index < -0.39 is 11.2 Å². The van der Waals surface area contributed by atoms with Crippen molar-refractivity contribution in [2.24, 2.45) is 0 Å². The average molecular weight is 411 g/mol. The average Bonchev–Trinajstić information content (AvgIpc) is 3.18. The van der Waals surface area contributed by atoms with Gasteiger partial charge in [-0.15, -0.1) is 0 Å². The molecule has 1 fully saturated rings. The summed E-state index contributed by atoms with van der Waals surface area (Å²) < 4.78 is 13.1. The van der Waals surface area contributed by atoms with Gasteiger partial charge in [0.1, 0.15) is 17.5 Å². The molecule has 4 aromatic rings. The van der Waals surface area contributed by atoms with E-state index in [0.717, 1.165) is 47.6 Å². The highest BCUT2D eigenvalue weighted by Crippen LogP contribution is 2.45. The SMILES string of the molecule is N#Cc1ccc2[nH]c(-c3ccc(C4(C(=O)Nc5ccc(F)cn5)CCC4)cc3)nc2c1. The quantitative estimate of drug-likeness (QED) is 0.509. The molecule has 2 heterocycles. The van der Waals surface area contributed by atoms with Gasteiger partial charge in [-0.2, -0.15) is 5.26 Å². The standard InChI is InChI=1S/C24H18FN5O/c25-18-7-9-21(27-14-18)30-23(31)24(10-1-11-24)17-5-3-16(4-6-17)22-28-19-8-2-15(13-26)12-20(19)29-22/h2-9,12,14H,1,10-11H2,(H,28,29)(H,27,30,31). The Morgan fingerprint density at radius 1 is 1.13 bits per heavy atom. The van der Waals surface area contributed by atoms with Crippen molar-refractivity contribution in [2.75, 3.05) is 5.32 Å². The van der Waals surface area contributed by atoms with Crippen LogP contribution < -0.4 is 5.32 Å². The molecule has 6 nitrogen and oxygen atoms in total. The number of carbonyl (C=O) groups is 1. The molecule has 152 valence electrons. The van der Waals surface area contributed by atoms with E-state index in [4.69, 9.17) is 5.26 Å². The molecule has 2 aromatic carbocycles. The molecule has 2 aromatic heterocycles. The van der Waals surface area contributed by atoms with Crippen molar-refractivity contribution < 1.29 is 9.18 Å². The molecule has 0 atom stereocenters. The normalized spacial score (nSPS) is 14.6. The van der Waals surface area contributed by atoms with Crippen LogP contribution in [0.5, 0.6) is 0 Å². The summed E-state index contributed by atoms with van der Waals surface area (Å²) in [6.07, 6.45) is 3.56. The number of carbonyl (C=O) groups excluding carboxylic acids is 1. The number of fused-ring (bicyclic) bond motifs is 1. The van der Waals surface area contributed by atoms with Gasteiger partial charge in [-0.25, -0.2) is 14.4 Å². The van der Waals surface area contributed by atoms with Gasteiger partial charge in [0.2, 0.25) is 5.91 Å². The molecule has 0 spiro atoms. The number of anilines is 1. The number of benzene rings is 2. The van der Waals surface area contributed by atoms with Crippen LogP contribution in [0.2, 0.25) is 0 Å². The molecular formula is C24H18FN5O. The van der Waals surface area contributed by atoms with Crippen LogP contribution in [0, 0.1) is 17.1 Å². The van der Waals surface area contributed by atoms with Crippen LogP contribution in [0.1, 0.15) is 30.4 Å². The molecule has 5 rings (SSSR count). The first-order valence-electron chi connectivity index (χ1n) is 10.0. The number of hydrogen-bond acceptors (Lipinski definition) is 4. The lowest BCUT2D eigenvalue weighted by Gasteiger charge is -2.40. The largest absolute Gasteiger partial charge is 0.338 e. The first kappa shape index (κ1) is 18.9. The van der Waals surface area contributed by atoms with Crippen LogP contribution in [-0.4, -0.2) is 20.9 Å². The van der Waals surface area contributed by atoms with E-state index in [1.165, 1.54) is 12.1 Å². The predicted molar refractivity (Wildman–Crippen MR) is 115 cm³/mol. The lowest BCUT2D eigenvalue weighted by Crippen LogP contribution is -2.46. The number of imidazole rings is 1. The maximum Gasteiger partial charge on any atom is 0.236 e. The second-order valence-corrected chi connectivity index (χ2v) is 7.76. The highest BCUT2D eigenvalue weighted by atomic mass is 19.1. The number of halogens is 1. The molecule has 2 N–H and O–H groups in total. The maximum atomic E-state index is 13.1. The summed E-state index contributed by atoms with van der Waals surface area (Å²) in [6.45, 7) is 0. The van der Waals surface area contributed by atoms with Gasteiger partial charge in [-0.1, -0.05) is 30.7 Å². The van der Waals surface area contributed by atoms with Gasteiger partial charge in [-0.3, -0.25) is 4.79 Å². The molecule has 1 amide bonds. The topological polar surface area (TPSA) is 94.5 Å². The molecule has 0 saturated heterocycles. The van der Waals surface area contributed by atoms with E-state index in [0.29, 0.717) is 17.2 Å². The maximum absolute atomic E-state index is 13.1. The van der Waals surface area contributed by atoms with Crippen molar-refractivity contribution in [3.63, 3.8) is 0 Å². The third kappa shape index (κ3) is 3.32. The van der Waals surface area contributed by atoms with Crippen molar-refractivity contribution >= 4 is 22.8 Å². The Bertz CT molecular complexity index is 1320. The third-order valence-electron chi connectivity index (χ3n) is 5.93. The summed E-state index contributed by atoms with van der Waals surface area (Å²) in [5.74, 6) is 0.479. The summed E-state index contributed by atoms with van der Waals surface area (Å²) >= 11 is 0. The van der Waals surface area contributed by atoms with E-state index in [9.17, 15) is 9.18 Å². The minimum atomic E-state index is -0.607. The zero-order valence-corrected chi connectivity index (χ0v) is 16.5. The Morgan fingerprint density at radius 3 is 2.58 bits per heavy atom. The van der Waals surface area contributed by atoms with Crippen molar-refractivity contribution in [1.82, 2.24) is 15.0 Å². The van der Waals surface area contributed by atoms with E-state index >= 15 is 0 Å².